The molecule has 0 saturated carbocycles. The Morgan fingerprint density at radius 2 is 1.78 bits per heavy atom. The number of piperidine rings is 1. The summed E-state index contributed by atoms with van der Waals surface area (Å²) in [5.74, 6) is -0.814. The number of likely N-dealkylation sites (tertiary alicyclic amines) is 1. The van der Waals surface area contributed by atoms with E-state index in [1.54, 1.807) is 0 Å². The molecule has 1 heterocycles. The minimum absolute atomic E-state index is 0.293. The second kappa shape index (κ2) is 7.68. The molecule has 0 radical (unpaired) electrons. The van der Waals surface area contributed by atoms with Crippen LogP contribution in [0.1, 0.15) is 25.7 Å². The molecule has 1 aromatic carbocycles. The lowest BCUT2D eigenvalue weighted by molar-refractivity contribution is -0.152. The lowest BCUT2D eigenvalue weighted by atomic mass is 9.75. The van der Waals surface area contributed by atoms with Crippen LogP contribution in [-0.4, -0.2) is 46.8 Å². The molecule has 3 N–H and O–H groups in total. The van der Waals surface area contributed by atoms with Crippen LogP contribution in [0.3, 0.4) is 0 Å². The predicted molar refractivity (Wildman–Crippen MR) is 90.8 cm³/mol. The van der Waals surface area contributed by atoms with Crippen molar-refractivity contribution in [1.82, 2.24) is 4.90 Å². The van der Waals surface area contributed by atoms with Crippen LogP contribution >= 0.6 is 15.9 Å². The van der Waals surface area contributed by atoms with Gasteiger partial charge in [-0.3, -0.25) is 4.79 Å². The normalized spacial score (nSPS) is 16.8. The van der Waals surface area contributed by atoms with Gasteiger partial charge < -0.3 is 20.4 Å². The highest BCUT2D eigenvalue weighted by Gasteiger charge is 2.41. The SMILES string of the molecule is O=C(O)N1CCC(CCCNc2ccc(Br)cc2)(C(=O)O)CC1. The number of nitrogens with one attached hydrogen (secondary N) is 1. The quantitative estimate of drug-likeness (QED) is 0.653. The number of amides is 1. The summed E-state index contributed by atoms with van der Waals surface area (Å²) >= 11 is 3.38. The number of hydrogen-bond donors (Lipinski definition) is 3. The Morgan fingerprint density at radius 1 is 1.17 bits per heavy atom. The molecule has 0 atom stereocenters. The Bertz CT molecular complexity index is 554. The third kappa shape index (κ3) is 4.60. The van der Waals surface area contributed by atoms with E-state index in [0.717, 1.165) is 16.6 Å². The van der Waals surface area contributed by atoms with Crippen LogP contribution in [0.15, 0.2) is 28.7 Å². The van der Waals surface area contributed by atoms with Gasteiger partial charge in [0.15, 0.2) is 0 Å². The second-order valence-corrected chi connectivity index (χ2v) is 6.81. The average molecular weight is 385 g/mol. The van der Waals surface area contributed by atoms with Gasteiger partial charge in [-0.15, -0.1) is 0 Å². The first-order chi connectivity index (χ1) is 10.9. The first-order valence-corrected chi connectivity index (χ1v) is 8.43. The molecule has 1 amide bonds. The zero-order valence-electron chi connectivity index (χ0n) is 12.8. The molecule has 1 aromatic rings. The number of nitrogens with zero attached hydrogens (tertiary/aromatic N) is 1. The summed E-state index contributed by atoms with van der Waals surface area (Å²) in [5, 5.41) is 21.8. The number of benzene rings is 1. The number of rotatable bonds is 6. The van der Waals surface area contributed by atoms with Gasteiger partial charge in [-0.1, -0.05) is 15.9 Å². The molecular formula is C16H21BrN2O4. The summed E-state index contributed by atoms with van der Waals surface area (Å²) < 4.78 is 1.01. The van der Waals surface area contributed by atoms with Crippen molar-refractivity contribution in [3.63, 3.8) is 0 Å². The summed E-state index contributed by atoms with van der Waals surface area (Å²) in [5.41, 5.74) is 0.200. The minimum atomic E-state index is -0.971. The van der Waals surface area contributed by atoms with E-state index < -0.39 is 17.5 Å². The Morgan fingerprint density at radius 3 is 2.30 bits per heavy atom. The lowest BCUT2D eigenvalue weighted by Gasteiger charge is -2.37. The van der Waals surface area contributed by atoms with Gasteiger partial charge in [-0.25, -0.2) is 4.79 Å². The van der Waals surface area contributed by atoms with Gasteiger partial charge >= 0.3 is 12.1 Å². The van der Waals surface area contributed by atoms with Crippen LogP contribution in [0.25, 0.3) is 0 Å². The van der Waals surface area contributed by atoms with Gasteiger partial charge in [0.2, 0.25) is 0 Å². The van der Waals surface area contributed by atoms with Crippen LogP contribution in [0.2, 0.25) is 0 Å². The van der Waals surface area contributed by atoms with Crippen LogP contribution in [0.4, 0.5) is 10.5 Å². The maximum absolute atomic E-state index is 11.7. The van der Waals surface area contributed by atoms with Crippen molar-refractivity contribution < 1.29 is 19.8 Å². The highest BCUT2D eigenvalue weighted by molar-refractivity contribution is 9.10. The fourth-order valence-corrected chi connectivity index (χ4v) is 3.19. The van der Waals surface area contributed by atoms with Crippen molar-refractivity contribution >= 4 is 33.7 Å². The molecule has 0 unspecified atom stereocenters. The van der Waals surface area contributed by atoms with Gasteiger partial charge in [0.1, 0.15) is 0 Å². The van der Waals surface area contributed by atoms with E-state index in [9.17, 15) is 14.7 Å². The van der Waals surface area contributed by atoms with E-state index in [4.69, 9.17) is 5.11 Å². The first kappa shape index (κ1) is 17.6. The van der Waals surface area contributed by atoms with E-state index in [1.165, 1.54) is 4.90 Å². The lowest BCUT2D eigenvalue weighted by Crippen LogP contribution is -2.46. The van der Waals surface area contributed by atoms with Crippen molar-refractivity contribution in [2.24, 2.45) is 5.41 Å². The minimum Gasteiger partial charge on any atom is -0.481 e. The first-order valence-electron chi connectivity index (χ1n) is 7.64. The molecular weight excluding hydrogens is 364 g/mol. The van der Waals surface area contributed by atoms with Gasteiger partial charge in [0.25, 0.3) is 0 Å². The number of carbonyl (C=O) groups is 2. The molecule has 23 heavy (non-hydrogen) atoms. The van der Waals surface area contributed by atoms with Crippen LogP contribution in [0, 0.1) is 5.41 Å². The second-order valence-electron chi connectivity index (χ2n) is 5.89. The van der Waals surface area contributed by atoms with Crippen molar-refractivity contribution in [3.8, 4) is 0 Å². The third-order valence-electron chi connectivity index (χ3n) is 4.45. The van der Waals surface area contributed by atoms with Gasteiger partial charge in [0, 0.05) is 29.8 Å². The van der Waals surface area contributed by atoms with E-state index in [0.29, 0.717) is 38.9 Å². The molecule has 126 valence electrons. The zero-order chi connectivity index (χ0) is 16.9. The Balaban J connectivity index is 1.82. The molecule has 1 fully saturated rings. The van der Waals surface area contributed by atoms with E-state index in [-0.39, 0.29) is 0 Å². The molecule has 0 bridgehead atoms. The topological polar surface area (TPSA) is 89.9 Å². The summed E-state index contributed by atoms with van der Waals surface area (Å²) in [7, 11) is 0. The Labute approximate surface area is 143 Å². The molecule has 1 aliphatic heterocycles. The Hall–Kier alpha value is -1.76. The maximum Gasteiger partial charge on any atom is 0.407 e. The average Bonchev–Trinajstić information content (AvgIpc) is 2.53. The molecule has 7 heteroatoms. The molecule has 0 aromatic heterocycles. The zero-order valence-corrected chi connectivity index (χ0v) is 14.4. The van der Waals surface area contributed by atoms with Gasteiger partial charge in [0.05, 0.1) is 5.41 Å². The summed E-state index contributed by atoms with van der Waals surface area (Å²) in [4.78, 5) is 23.9. The molecule has 0 aliphatic carbocycles. The van der Waals surface area contributed by atoms with E-state index in [2.05, 4.69) is 21.2 Å². The monoisotopic (exact) mass is 384 g/mol. The fourth-order valence-electron chi connectivity index (χ4n) is 2.92. The number of hydrogen-bond acceptors (Lipinski definition) is 3. The highest BCUT2D eigenvalue weighted by Crippen LogP contribution is 2.36. The summed E-state index contributed by atoms with van der Waals surface area (Å²) in [6.07, 6.45) is 1.08. The number of halogens is 1. The maximum atomic E-state index is 11.7. The predicted octanol–water partition coefficient (Wildman–Crippen LogP) is 3.49. The standard InChI is InChI=1S/C16H21BrN2O4/c17-12-2-4-13(5-3-12)18-9-1-6-16(14(20)21)7-10-19(11-8-16)15(22)23/h2-5,18H,1,6-11H2,(H,20,21)(H,22,23). The van der Waals surface area contributed by atoms with E-state index >= 15 is 0 Å². The van der Waals surface area contributed by atoms with Crippen molar-refractivity contribution in [1.29, 1.82) is 0 Å². The van der Waals surface area contributed by atoms with Crippen LogP contribution in [0.5, 0.6) is 0 Å². The van der Waals surface area contributed by atoms with Crippen molar-refractivity contribution in [2.45, 2.75) is 25.7 Å². The van der Waals surface area contributed by atoms with Crippen molar-refractivity contribution in [2.75, 3.05) is 25.0 Å². The molecule has 6 nitrogen and oxygen atoms in total. The third-order valence-corrected chi connectivity index (χ3v) is 4.98. The smallest absolute Gasteiger partial charge is 0.407 e. The molecule has 0 spiro atoms. The molecule has 1 aliphatic rings. The highest BCUT2D eigenvalue weighted by atomic mass is 79.9. The summed E-state index contributed by atoms with van der Waals surface area (Å²) in [6.45, 7) is 1.28. The molecule has 1 saturated heterocycles. The Kier molecular flexibility index (Phi) is 5.87. The van der Waals surface area contributed by atoms with Crippen LogP contribution in [-0.2, 0) is 4.79 Å². The largest absolute Gasteiger partial charge is 0.481 e. The van der Waals surface area contributed by atoms with Gasteiger partial charge in [-0.05, 0) is 49.9 Å². The molecule has 2 rings (SSSR count). The number of aliphatic carboxylic acids is 1. The van der Waals surface area contributed by atoms with Gasteiger partial charge in [-0.2, -0.15) is 0 Å². The number of anilines is 1. The fraction of sp³-hybridized carbons (Fsp3) is 0.500. The number of carboxylic acids is 1. The number of carboxylic acid groups (broad SMARTS) is 2. The van der Waals surface area contributed by atoms with Crippen molar-refractivity contribution in [3.05, 3.63) is 28.7 Å². The summed E-state index contributed by atoms with van der Waals surface area (Å²) in [6, 6.07) is 7.82. The van der Waals surface area contributed by atoms with E-state index in [1.807, 2.05) is 24.3 Å². The van der Waals surface area contributed by atoms with Crippen LogP contribution < -0.4 is 5.32 Å².